The number of nitrogens with zero attached hydrogens (tertiary/aromatic N) is 4. The average Bonchev–Trinajstić information content (AvgIpc) is 3.13. The van der Waals surface area contributed by atoms with Gasteiger partial charge < -0.3 is 4.57 Å². The van der Waals surface area contributed by atoms with Crippen LogP contribution in [0.3, 0.4) is 0 Å². The number of aromatic nitrogens is 2. The molecule has 0 aliphatic rings. The zero-order valence-corrected chi connectivity index (χ0v) is 15.5. The van der Waals surface area contributed by atoms with Gasteiger partial charge in [0.1, 0.15) is 11.6 Å². The summed E-state index contributed by atoms with van der Waals surface area (Å²) in [6, 6.07) is 20.9. The summed E-state index contributed by atoms with van der Waals surface area (Å²) in [5.74, 6) is 0. The van der Waals surface area contributed by atoms with E-state index in [1.807, 2.05) is 67.2 Å². The molecule has 5 nitrogen and oxygen atoms in total. The normalized spacial score (nSPS) is 10.6. The molecule has 0 fully saturated rings. The van der Waals surface area contributed by atoms with Crippen LogP contribution in [0.15, 0.2) is 65.6 Å². The average molecular weight is 364 g/mol. The maximum absolute atomic E-state index is 13.0. The quantitative estimate of drug-likeness (QED) is 0.538. The number of benzene rings is 2. The Bertz CT molecular complexity index is 1380. The third-order valence-electron chi connectivity index (χ3n) is 4.96. The number of hydrogen-bond donors (Lipinski definition) is 0. The van der Waals surface area contributed by atoms with Crippen molar-refractivity contribution in [3.8, 4) is 29.1 Å². The van der Waals surface area contributed by atoms with Gasteiger partial charge in [0, 0.05) is 29.9 Å². The van der Waals surface area contributed by atoms with E-state index in [0.29, 0.717) is 16.8 Å². The van der Waals surface area contributed by atoms with Crippen molar-refractivity contribution < 1.29 is 0 Å². The summed E-state index contributed by atoms with van der Waals surface area (Å²) in [5, 5.41) is 19.6. The van der Waals surface area contributed by atoms with Gasteiger partial charge in [-0.05, 0) is 48.9 Å². The first-order valence-electron chi connectivity index (χ1n) is 8.76. The predicted octanol–water partition coefficient (Wildman–Crippen LogP) is 4.05. The molecule has 2 heterocycles. The first kappa shape index (κ1) is 17.3. The van der Waals surface area contributed by atoms with E-state index in [-0.39, 0.29) is 5.56 Å². The van der Waals surface area contributed by atoms with Crippen LogP contribution in [0, 0.1) is 29.6 Å². The zero-order valence-electron chi connectivity index (χ0n) is 15.5. The van der Waals surface area contributed by atoms with Crippen LogP contribution >= 0.6 is 0 Å². The van der Waals surface area contributed by atoms with E-state index >= 15 is 0 Å². The Kier molecular flexibility index (Phi) is 4.07. The van der Waals surface area contributed by atoms with Crippen molar-refractivity contribution in [2.45, 2.75) is 6.92 Å². The Hall–Kier alpha value is -4.09. The molecule has 0 aliphatic carbocycles. The minimum Gasteiger partial charge on any atom is -0.351 e. The van der Waals surface area contributed by atoms with E-state index in [2.05, 4.69) is 6.07 Å². The van der Waals surface area contributed by atoms with Crippen molar-refractivity contribution in [1.82, 2.24) is 9.13 Å². The highest BCUT2D eigenvalue weighted by molar-refractivity contribution is 5.86. The van der Waals surface area contributed by atoms with Crippen LogP contribution < -0.4 is 5.56 Å². The third-order valence-corrected chi connectivity index (χ3v) is 4.96. The fourth-order valence-electron chi connectivity index (χ4n) is 3.43. The van der Waals surface area contributed by atoms with E-state index in [1.54, 1.807) is 18.2 Å². The van der Waals surface area contributed by atoms with Gasteiger partial charge in [0.2, 0.25) is 0 Å². The topological polar surface area (TPSA) is 74.5 Å². The number of aryl methyl sites for hydroxylation is 2. The Morgan fingerprint density at radius 3 is 2.39 bits per heavy atom. The van der Waals surface area contributed by atoms with E-state index in [4.69, 9.17) is 0 Å². The van der Waals surface area contributed by atoms with Crippen molar-refractivity contribution in [2.75, 3.05) is 0 Å². The van der Waals surface area contributed by atoms with Gasteiger partial charge in [0.05, 0.1) is 22.8 Å². The van der Waals surface area contributed by atoms with Crippen molar-refractivity contribution in [1.29, 1.82) is 10.5 Å². The Morgan fingerprint density at radius 1 is 0.929 bits per heavy atom. The van der Waals surface area contributed by atoms with Crippen LogP contribution in [-0.4, -0.2) is 9.13 Å². The Morgan fingerprint density at radius 2 is 1.71 bits per heavy atom. The van der Waals surface area contributed by atoms with Crippen molar-refractivity contribution in [3.63, 3.8) is 0 Å². The van der Waals surface area contributed by atoms with Crippen molar-refractivity contribution in [2.24, 2.45) is 7.05 Å². The minimum atomic E-state index is -0.397. The summed E-state index contributed by atoms with van der Waals surface area (Å²) < 4.78 is 3.52. The molecule has 0 unspecified atom stereocenters. The van der Waals surface area contributed by atoms with Gasteiger partial charge in [0.15, 0.2) is 0 Å². The van der Waals surface area contributed by atoms with Crippen LogP contribution in [0.4, 0.5) is 0 Å². The summed E-state index contributed by atoms with van der Waals surface area (Å²) in [6.45, 7) is 1.85. The fraction of sp³-hybridized carbons (Fsp3) is 0.0870. The van der Waals surface area contributed by atoms with E-state index in [9.17, 15) is 15.3 Å². The van der Waals surface area contributed by atoms with Gasteiger partial charge in [-0.3, -0.25) is 9.36 Å². The summed E-state index contributed by atoms with van der Waals surface area (Å²) in [5.41, 5.74) is 4.25. The van der Waals surface area contributed by atoms with Gasteiger partial charge in [-0.2, -0.15) is 10.5 Å². The molecule has 0 amide bonds. The number of pyridine rings is 1. The third kappa shape index (κ3) is 2.67. The molecule has 5 heteroatoms. The molecule has 0 radical (unpaired) electrons. The number of rotatable bonds is 2. The van der Waals surface area contributed by atoms with Crippen LogP contribution in [-0.2, 0) is 7.05 Å². The highest BCUT2D eigenvalue weighted by Gasteiger charge is 2.14. The van der Waals surface area contributed by atoms with E-state index in [0.717, 1.165) is 22.2 Å². The lowest BCUT2D eigenvalue weighted by Crippen LogP contribution is -2.21. The lowest BCUT2D eigenvalue weighted by molar-refractivity contribution is 0.937. The second-order valence-electron chi connectivity index (χ2n) is 6.70. The molecule has 0 atom stereocenters. The van der Waals surface area contributed by atoms with Gasteiger partial charge in [-0.1, -0.05) is 18.2 Å². The van der Waals surface area contributed by atoms with Crippen LogP contribution in [0.1, 0.15) is 16.7 Å². The Labute approximate surface area is 161 Å². The molecule has 0 bridgehead atoms. The predicted molar refractivity (Wildman–Crippen MR) is 108 cm³/mol. The smallest absolute Gasteiger partial charge is 0.273 e. The molecule has 134 valence electrons. The largest absolute Gasteiger partial charge is 0.351 e. The number of fused-ring (bicyclic) bond motifs is 1. The van der Waals surface area contributed by atoms with Crippen LogP contribution in [0.5, 0.6) is 0 Å². The molecule has 0 saturated carbocycles. The van der Waals surface area contributed by atoms with Crippen molar-refractivity contribution >= 4 is 10.9 Å². The first-order chi connectivity index (χ1) is 13.5. The molecular formula is C23H16N4O. The molecule has 0 spiro atoms. The summed E-state index contributed by atoms with van der Waals surface area (Å²) in [7, 11) is 1.96. The molecule has 28 heavy (non-hydrogen) atoms. The van der Waals surface area contributed by atoms with E-state index < -0.39 is 5.56 Å². The molecule has 0 N–H and O–H groups in total. The summed E-state index contributed by atoms with van der Waals surface area (Å²) >= 11 is 0. The lowest BCUT2D eigenvalue weighted by atomic mass is 10.1. The number of hydrogen-bond acceptors (Lipinski definition) is 3. The van der Waals surface area contributed by atoms with Gasteiger partial charge >= 0.3 is 0 Å². The van der Waals surface area contributed by atoms with Crippen LogP contribution in [0.25, 0.3) is 27.8 Å². The number of nitriles is 2. The fourth-order valence-corrected chi connectivity index (χ4v) is 3.43. The standard InChI is InChI=1S/C23H16N4O/c1-15-5-8-20(11-18(15)13-24)27-22-12-17(21-4-3-9-26(21)2)7-6-16(22)10-19(14-25)23(27)28/h3-12H,1-2H3. The molecule has 4 aromatic rings. The second kappa shape index (κ2) is 6.57. The van der Waals surface area contributed by atoms with Gasteiger partial charge in [-0.15, -0.1) is 0 Å². The molecule has 4 rings (SSSR count). The van der Waals surface area contributed by atoms with Crippen molar-refractivity contribution in [3.05, 3.63) is 87.8 Å². The van der Waals surface area contributed by atoms with Gasteiger partial charge in [-0.25, -0.2) is 0 Å². The molecule has 0 aliphatic heterocycles. The van der Waals surface area contributed by atoms with Crippen LogP contribution in [0.2, 0.25) is 0 Å². The summed E-state index contributed by atoms with van der Waals surface area (Å²) in [6.07, 6.45) is 1.96. The highest BCUT2D eigenvalue weighted by atomic mass is 16.1. The monoisotopic (exact) mass is 364 g/mol. The molecule has 2 aromatic heterocycles. The SMILES string of the molecule is Cc1ccc(-n2c(=O)c(C#N)cc3ccc(-c4cccn4C)cc32)cc1C#N. The maximum atomic E-state index is 13.0. The van der Waals surface area contributed by atoms with Gasteiger partial charge in [0.25, 0.3) is 5.56 Å². The minimum absolute atomic E-state index is 0.0678. The first-order valence-corrected chi connectivity index (χ1v) is 8.76. The lowest BCUT2D eigenvalue weighted by Gasteiger charge is -2.14. The molecular weight excluding hydrogens is 348 g/mol. The molecule has 0 saturated heterocycles. The maximum Gasteiger partial charge on any atom is 0.273 e. The van der Waals surface area contributed by atoms with E-state index in [1.165, 1.54) is 4.57 Å². The Balaban J connectivity index is 2.09. The zero-order chi connectivity index (χ0) is 19.8. The summed E-state index contributed by atoms with van der Waals surface area (Å²) in [4.78, 5) is 13.0. The second-order valence-corrected chi connectivity index (χ2v) is 6.70. The highest BCUT2D eigenvalue weighted by Crippen LogP contribution is 2.26. The molecule has 2 aromatic carbocycles.